The van der Waals surface area contributed by atoms with Gasteiger partial charge in [0.2, 0.25) is 0 Å². The van der Waals surface area contributed by atoms with Crippen molar-refractivity contribution < 1.29 is 9.53 Å². The van der Waals surface area contributed by atoms with Gasteiger partial charge in [0.1, 0.15) is 5.75 Å². The molecule has 0 radical (unpaired) electrons. The summed E-state index contributed by atoms with van der Waals surface area (Å²) in [7, 11) is 0. The monoisotopic (exact) mass is 380 g/mol. The van der Waals surface area contributed by atoms with E-state index in [-0.39, 0.29) is 12.5 Å². The molecule has 140 valence electrons. The second-order valence-corrected chi connectivity index (χ2v) is 7.49. The molecule has 0 aliphatic heterocycles. The lowest BCUT2D eigenvalue weighted by Gasteiger charge is -2.08. The Bertz CT molecular complexity index is 963. The van der Waals surface area contributed by atoms with Crippen molar-refractivity contribution >= 4 is 22.4 Å². The van der Waals surface area contributed by atoms with Crippen molar-refractivity contribution in [3.05, 3.63) is 64.0 Å². The van der Waals surface area contributed by atoms with Crippen molar-refractivity contribution in [2.75, 3.05) is 11.9 Å². The summed E-state index contributed by atoms with van der Waals surface area (Å²) in [4.78, 5) is 16.7. The number of carbonyl (C=O) groups excluding carboxylic acids is 1. The number of aromatic nitrogens is 1. The number of carbonyl (C=O) groups is 1. The largest absolute Gasteiger partial charge is 0.484 e. The fourth-order valence-electron chi connectivity index (χ4n) is 2.85. The molecular weight excluding hydrogens is 356 g/mol. The summed E-state index contributed by atoms with van der Waals surface area (Å²) in [6.07, 6.45) is 0.934. The molecule has 1 heterocycles. The maximum absolute atomic E-state index is 12.2. The molecule has 0 atom stereocenters. The second-order valence-electron chi connectivity index (χ2n) is 6.63. The van der Waals surface area contributed by atoms with Crippen molar-refractivity contribution in [1.82, 2.24) is 4.98 Å². The van der Waals surface area contributed by atoms with Crippen LogP contribution >= 0.6 is 11.3 Å². The highest BCUT2D eigenvalue weighted by Crippen LogP contribution is 2.29. The lowest BCUT2D eigenvalue weighted by atomic mass is 9.99. The summed E-state index contributed by atoms with van der Waals surface area (Å²) in [5, 5.41) is 5.37. The minimum atomic E-state index is -0.213. The third-order valence-electron chi connectivity index (χ3n) is 4.54. The molecule has 0 saturated carbocycles. The number of anilines is 1. The maximum Gasteiger partial charge on any atom is 0.264 e. The molecule has 5 heteroatoms. The molecule has 0 aliphatic rings. The number of rotatable bonds is 6. The highest BCUT2D eigenvalue weighted by atomic mass is 32.1. The van der Waals surface area contributed by atoms with Crippen LogP contribution in [0.5, 0.6) is 5.75 Å². The predicted molar refractivity (Wildman–Crippen MR) is 112 cm³/mol. The third-order valence-corrected chi connectivity index (χ3v) is 5.30. The Labute approximate surface area is 164 Å². The maximum atomic E-state index is 12.2. The molecule has 27 heavy (non-hydrogen) atoms. The Morgan fingerprint density at radius 2 is 1.89 bits per heavy atom. The number of hydrogen-bond acceptors (Lipinski definition) is 4. The van der Waals surface area contributed by atoms with Crippen LogP contribution in [-0.2, 0) is 11.2 Å². The molecule has 4 nitrogen and oxygen atoms in total. The zero-order valence-corrected chi connectivity index (χ0v) is 16.9. The average molecular weight is 381 g/mol. The first-order valence-corrected chi connectivity index (χ1v) is 9.89. The van der Waals surface area contributed by atoms with Gasteiger partial charge in [0, 0.05) is 10.9 Å². The van der Waals surface area contributed by atoms with Crippen molar-refractivity contribution in [2.45, 2.75) is 34.1 Å². The van der Waals surface area contributed by atoms with Gasteiger partial charge in [-0.1, -0.05) is 25.1 Å². The molecule has 0 spiro atoms. The van der Waals surface area contributed by atoms with Gasteiger partial charge >= 0.3 is 0 Å². The van der Waals surface area contributed by atoms with Crippen LogP contribution in [0.4, 0.5) is 5.13 Å². The van der Waals surface area contributed by atoms with Crippen LogP contribution in [-0.4, -0.2) is 17.5 Å². The number of benzene rings is 2. The topological polar surface area (TPSA) is 51.2 Å². The van der Waals surface area contributed by atoms with E-state index < -0.39 is 0 Å². The average Bonchev–Trinajstić information content (AvgIpc) is 3.11. The molecule has 1 N–H and O–H groups in total. The van der Waals surface area contributed by atoms with Crippen molar-refractivity contribution in [3.63, 3.8) is 0 Å². The van der Waals surface area contributed by atoms with E-state index in [9.17, 15) is 4.79 Å². The Hall–Kier alpha value is -2.66. The van der Waals surface area contributed by atoms with Crippen molar-refractivity contribution in [2.24, 2.45) is 0 Å². The molecule has 0 unspecified atom stereocenters. The molecule has 3 aromatic rings. The highest BCUT2D eigenvalue weighted by molar-refractivity contribution is 7.14. The minimum Gasteiger partial charge on any atom is -0.484 e. The van der Waals surface area contributed by atoms with Gasteiger partial charge < -0.3 is 4.74 Å². The van der Waals surface area contributed by atoms with Crippen LogP contribution in [0.3, 0.4) is 0 Å². The fourth-order valence-corrected chi connectivity index (χ4v) is 3.58. The number of nitrogens with one attached hydrogen (secondary N) is 1. The highest BCUT2D eigenvalue weighted by Gasteiger charge is 2.11. The SMILES string of the molecule is CCc1cccc(OCC(=O)Nc2nc(-c3cc(C)c(C)cc3C)cs2)c1. The zero-order valence-electron chi connectivity index (χ0n) is 16.1. The quantitative estimate of drug-likeness (QED) is 0.630. The Kier molecular flexibility index (Phi) is 5.91. The van der Waals surface area contributed by atoms with Crippen LogP contribution in [0, 0.1) is 20.8 Å². The van der Waals surface area contributed by atoms with Crippen LogP contribution in [0.1, 0.15) is 29.2 Å². The molecule has 1 amide bonds. The van der Waals surface area contributed by atoms with E-state index in [4.69, 9.17) is 4.74 Å². The number of nitrogens with zero attached hydrogens (tertiary/aromatic N) is 1. The summed E-state index contributed by atoms with van der Waals surface area (Å²) in [5.74, 6) is 0.490. The van der Waals surface area contributed by atoms with Crippen LogP contribution in [0.2, 0.25) is 0 Å². The van der Waals surface area contributed by atoms with Gasteiger partial charge in [0.05, 0.1) is 5.69 Å². The summed E-state index contributed by atoms with van der Waals surface area (Å²) in [6.45, 7) is 8.33. The number of aryl methyl sites for hydroxylation is 4. The normalized spacial score (nSPS) is 10.7. The van der Waals surface area contributed by atoms with Crippen LogP contribution in [0.15, 0.2) is 41.8 Å². The second kappa shape index (κ2) is 8.35. The summed E-state index contributed by atoms with van der Waals surface area (Å²) in [6, 6.07) is 12.1. The van der Waals surface area contributed by atoms with E-state index in [2.05, 4.69) is 50.1 Å². The zero-order chi connectivity index (χ0) is 19.4. The molecular formula is C22H24N2O2S. The van der Waals surface area contributed by atoms with Gasteiger partial charge in [0.15, 0.2) is 11.7 Å². The van der Waals surface area contributed by atoms with Gasteiger partial charge in [-0.3, -0.25) is 10.1 Å². The predicted octanol–water partition coefficient (Wildman–Crippen LogP) is 5.32. The molecule has 1 aromatic heterocycles. The molecule has 0 fully saturated rings. The van der Waals surface area contributed by atoms with Gasteiger partial charge in [-0.15, -0.1) is 11.3 Å². The fraction of sp³-hybridized carbons (Fsp3) is 0.273. The number of amides is 1. The molecule has 2 aromatic carbocycles. The first kappa shape index (κ1) is 19.1. The van der Waals surface area contributed by atoms with Gasteiger partial charge in [-0.2, -0.15) is 0 Å². The van der Waals surface area contributed by atoms with E-state index in [0.717, 1.165) is 17.7 Å². The number of thiazole rings is 1. The summed E-state index contributed by atoms with van der Waals surface area (Å²) >= 11 is 1.42. The minimum absolute atomic E-state index is 0.0370. The van der Waals surface area contributed by atoms with Crippen LogP contribution < -0.4 is 10.1 Å². The lowest BCUT2D eigenvalue weighted by Crippen LogP contribution is -2.20. The van der Waals surface area contributed by atoms with E-state index >= 15 is 0 Å². The molecule has 0 aliphatic carbocycles. The van der Waals surface area contributed by atoms with Gasteiger partial charge in [0.25, 0.3) is 5.91 Å². The number of hydrogen-bond donors (Lipinski definition) is 1. The van der Waals surface area contributed by atoms with E-state index in [1.165, 1.54) is 33.6 Å². The van der Waals surface area contributed by atoms with E-state index in [1.807, 2.05) is 29.6 Å². The van der Waals surface area contributed by atoms with Crippen molar-refractivity contribution in [1.29, 1.82) is 0 Å². The van der Waals surface area contributed by atoms with E-state index in [1.54, 1.807) is 0 Å². The first-order chi connectivity index (χ1) is 13.0. The Balaban J connectivity index is 1.63. The lowest BCUT2D eigenvalue weighted by molar-refractivity contribution is -0.118. The van der Waals surface area contributed by atoms with E-state index in [0.29, 0.717) is 10.9 Å². The van der Waals surface area contributed by atoms with Gasteiger partial charge in [-0.05, 0) is 67.6 Å². The van der Waals surface area contributed by atoms with Gasteiger partial charge in [-0.25, -0.2) is 4.98 Å². The summed E-state index contributed by atoms with van der Waals surface area (Å²) < 4.78 is 5.59. The molecule has 0 saturated heterocycles. The molecule has 3 rings (SSSR count). The third kappa shape index (κ3) is 4.74. The molecule has 0 bridgehead atoms. The van der Waals surface area contributed by atoms with Crippen LogP contribution in [0.25, 0.3) is 11.3 Å². The first-order valence-electron chi connectivity index (χ1n) is 9.01. The van der Waals surface area contributed by atoms with Crippen molar-refractivity contribution in [3.8, 4) is 17.0 Å². The Morgan fingerprint density at radius 3 is 2.67 bits per heavy atom. The Morgan fingerprint density at radius 1 is 1.11 bits per heavy atom. The standard InChI is InChI=1S/C22H24N2O2S/c1-5-17-7-6-8-18(11-17)26-12-21(25)24-22-23-20(13-27-22)19-10-15(3)14(2)9-16(19)4/h6-11,13H,5,12H2,1-4H3,(H,23,24,25). The number of ether oxygens (including phenoxy) is 1. The smallest absolute Gasteiger partial charge is 0.264 e. The summed E-state index contributed by atoms with van der Waals surface area (Å²) in [5.41, 5.74) is 6.85.